The van der Waals surface area contributed by atoms with Crippen molar-refractivity contribution in [2.75, 3.05) is 0 Å². The molecule has 2 rings (SSSR count). The lowest BCUT2D eigenvalue weighted by Crippen LogP contribution is -2.06. The van der Waals surface area contributed by atoms with Crippen LogP contribution in [0.2, 0.25) is 0 Å². The second-order valence-electron chi connectivity index (χ2n) is 4.74. The summed E-state index contributed by atoms with van der Waals surface area (Å²) in [6.45, 7) is 0.637. The van der Waals surface area contributed by atoms with E-state index in [1.807, 2.05) is 36.4 Å². The van der Waals surface area contributed by atoms with Crippen molar-refractivity contribution in [3.05, 3.63) is 41.0 Å². The fraction of sp³-hybridized carbons (Fsp3) is 0.375. The maximum absolute atomic E-state index is 8.69. The molecule has 1 aliphatic carbocycles. The molecule has 1 aliphatic rings. The second-order valence-corrected chi connectivity index (χ2v) is 4.74. The van der Waals surface area contributed by atoms with Crippen LogP contribution >= 0.6 is 0 Å². The molecule has 0 aliphatic heterocycles. The van der Waals surface area contributed by atoms with E-state index in [9.17, 15) is 0 Å². The van der Waals surface area contributed by atoms with Gasteiger partial charge in [0.2, 0.25) is 0 Å². The van der Waals surface area contributed by atoms with Gasteiger partial charge >= 0.3 is 0 Å². The first-order valence-electron chi connectivity index (χ1n) is 6.54. The lowest BCUT2D eigenvalue weighted by molar-refractivity contribution is 0.0457. The fourth-order valence-corrected chi connectivity index (χ4v) is 2.24. The first-order chi connectivity index (χ1) is 9.31. The van der Waals surface area contributed by atoms with Gasteiger partial charge in [-0.25, -0.2) is 0 Å². The van der Waals surface area contributed by atoms with Gasteiger partial charge in [-0.3, -0.25) is 0 Å². The molecule has 19 heavy (non-hydrogen) atoms. The summed E-state index contributed by atoms with van der Waals surface area (Å²) >= 11 is 0. The van der Waals surface area contributed by atoms with E-state index in [-0.39, 0.29) is 5.57 Å². The number of rotatable bonds is 4. The lowest BCUT2D eigenvalue weighted by Gasteiger charge is -2.10. The van der Waals surface area contributed by atoms with Gasteiger partial charge in [-0.05, 0) is 30.0 Å². The van der Waals surface area contributed by atoms with Gasteiger partial charge in [0.25, 0.3) is 0 Å². The van der Waals surface area contributed by atoms with Crippen LogP contribution in [0.15, 0.2) is 29.8 Å². The molecule has 96 valence electrons. The fourth-order valence-electron chi connectivity index (χ4n) is 2.24. The zero-order valence-electron chi connectivity index (χ0n) is 10.8. The zero-order chi connectivity index (χ0) is 13.5. The molecular formula is C16H16N2O. The predicted molar refractivity (Wildman–Crippen MR) is 72.7 cm³/mol. The molecule has 0 heterocycles. The topological polar surface area (TPSA) is 56.8 Å². The van der Waals surface area contributed by atoms with Crippen LogP contribution in [0, 0.1) is 22.7 Å². The van der Waals surface area contributed by atoms with E-state index in [0.717, 1.165) is 11.1 Å². The van der Waals surface area contributed by atoms with E-state index < -0.39 is 0 Å². The van der Waals surface area contributed by atoms with Crippen molar-refractivity contribution >= 4 is 6.08 Å². The Bertz CT molecular complexity index is 509. The van der Waals surface area contributed by atoms with Crippen molar-refractivity contribution in [2.45, 2.75) is 38.4 Å². The number of hydrogen-bond donors (Lipinski definition) is 0. The summed E-state index contributed by atoms with van der Waals surface area (Å²) in [5.74, 6) is 0. The molecular weight excluding hydrogens is 236 g/mol. The summed E-state index contributed by atoms with van der Waals surface area (Å²) in [7, 11) is 0. The van der Waals surface area contributed by atoms with Crippen molar-refractivity contribution in [3.63, 3.8) is 0 Å². The Morgan fingerprint density at radius 3 is 2.37 bits per heavy atom. The Kier molecular flexibility index (Phi) is 4.72. The number of nitrogens with zero attached hydrogens (tertiary/aromatic N) is 2. The lowest BCUT2D eigenvalue weighted by atomic mass is 10.1. The summed E-state index contributed by atoms with van der Waals surface area (Å²) in [5, 5.41) is 17.4. The highest BCUT2D eigenvalue weighted by molar-refractivity contribution is 5.61. The average molecular weight is 252 g/mol. The maximum Gasteiger partial charge on any atom is 0.130 e. The minimum atomic E-state index is 0.120. The van der Waals surface area contributed by atoms with Crippen molar-refractivity contribution < 1.29 is 4.74 Å². The third kappa shape index (κ3) is 3.95. The summed E-state index contributed by atoms with van der Waals surface area (Å²) in [5.41, 5.74) is 2.11. The molecule has 3 heteroatoms. The van der Waals surface area contributed by atoms with Crippen LogP contribution in [0.1, 0.15) is 36.8 Å². The van der Waals surface area contributed by atoms with Crippen LogP contribution in [0.25, 0.3) is 6.08 Å². The maximum atomic E-state index is 8.69. The average Bonchev–Trinajstić information content (AvgIpc) is 2.97. The monoisotopic (exact) mass is 252 g/mol. The van der Waals surface area contributed by atoms with Crippen LogP contribution in [-0.4, -0.2) is 6.10 Å². The number of benzene rings is 1. The van der Waals surface area contributed by atoms with Crippen molar-refractivity contribution in [1.29, 1.82) is 10.5 Å². The number of allylic oxidation sites excluding steroid dienone is 1. The minimum absolute atomic E-state index is 0.120. The Morgan fingerprint density at radius 1 is 1.16 bits per heavy atom. The summed E-state index contributed by atoms with van der Waals surface area (Å²) < 4.78 is 5.83. The molecule has 1 saturated carbocycles. The molecule has 0 saturated heterocycles. The van der Waals surface area contributed by atoms with Gasteiger partial charge in [0.1, 0.15) is 17.7 Å². The SMILES string of the molecule is N#CC(C#N)=Cc1ccc(COC2CCCC2)cc1. The quantitative estimate of drug-likeness (QED) is 0.769. The normalized spacial score (nSPS) is 14.6. The van der Waals surface area contributed by atoms with Crippen LogP contribution in [0.4, 0.5) is 0 Å². The molecule has 0 unspecified atom stereocenters. The van der Waals surface area contributed by atoms with E-state index >= 15 is 0 Å². The molecule has 0 atom stereocenters. The molecule has 0 radical (unpaired) electrons. The standard InChI is InChI=1S/C16H16N2O/c17-10-15(11-18)9-13-5-7-14(8-6-13)12-19-16-3-1-2-4-16/h5-9,16H,1-4,12H2. The Morgan fingerprint density at radius 2 is 1.79 bits per heavy atom. The Hall–Kier alpha value is -2.10. The smallest absolute Gasteiger partial charge is 0.130 e. The van der Waals surface area contributed by atoms with Crippen molar-refractivity contribution in [1.82, 2.24) is 0 Å². The molecule has 1 aromatic rings. The van der Waals surface area contributed by atoms with E-state index in [4.69, 9.17) is 15.3 Å². The zero-order valence-corrected chi connectivity index (χ0v) is 10.8. The first-order valence-corrected chi connectivity index (χ1v) is 6.54. The third-order valence-electron chi connectivity index (χ3n) is 3.32. The number of hydrogen-bond acceptors (Lipinski definition) is 3. The number of nitriles is 2. The highest BCUT2D eigenvalue weighted by atomic mass is 16.5. The van der Waals surface area contributed by atoms with Gasteiger partial charge in [-0.15, -0.1) is 0 Å². The van der Waals surface area contributed by atoms with Gasteiger partial charge < -0.3 is 4.74 Å². The van der Waals surface area contributed by atoms with E-state index in [1.165, 1.54) is 25.7 Å². The van der Waals surface area contributed by atoms with Crippen LogP contribution in [-0.2, 0) is 11.3 Å². The molecule has 0 bridgehead atoms. The van der Waals surface area contributed by atoms with E-state index in [1.54, 1.807) is 6.08 Å². The molecule has 0 aromatic heterocycles. The van der Waals surface area contributed by atoms with Gasteiger partial charge in [0.15, 0.2) is 0 Å². The predicted octanol–water partition coefficient (Wildman–Crippen LogP) is 3.58. The molecule has 0 spiro atoms. The minimum Gasteiger partial charge on any atom is -0.374 e. The Balaban J connectivity index is 1.93. The molecule has 1 fully saturated rings. The van der Waals surface area contributed by atoms with Crippen LogP contribution in [0.5, 0.6) is 0 Å². The molecule has 0 N–H and O–H groups in total. The van der Waals surface area contributed by atoms with Crippen molar-refractivity contribution in [2.24, 2.45) is 0 Å². The van der Waals surface area contributed by atoms with Gasteiger partial charge in [-0.2, -0.15) is 10.5 Å². The van der Waals surface area contributed by atoms with Gasteiger partial charge in [-0.1, -0.05) is 37.1 Å². The van der Waals surface area contributed by atoms with Crippen LogP contribution in [0.3, 0.4) is 0 Å². The highest BCUT2D eigenvalue weighted by Gasteiger charge is 2.14. The Labute approximate surface area is 113 Å². The molecule has 3 nitrogen and oxygen atoms in total. The van der Waals surface area contributed by atoms with Crippen LogP contribution < -0.4 is 0 Å². The number of ether oxygens (including phenoxy) is 1. The second kappa shape index (κ2) is 6.73. The molecule has 0 amide bonds. The van der Waals surface area contributed by atoms with E-state index in [2.05, 4.69) is 0 Å². The van der Waals surface area contributed by atoms with E-state index in [0.29, 0.717) is 12.7 Å². The largest absolute Gasteiger partial charge is 0.374 e. The summed E-state index contributed by atoms with van der Waals surface area (Å²) in [6, 6.07) is 11.5. The third-order valence-corrected chi connectivity index (χ3v) is 3.32. The van der Waals surface area contributed by atoms with Gasteiger partial charge in [0, 0.05) is 0 Å². The summed E-state index contributed by atoms with van der Waals surface area (Å²) in [6.07, 6.45) is 6.91. The summed E-state index contributed by atoms with van der Waals surface area (Å²) in [4.78, 5) is 0. The molecule has 1 aromatic carbocycles. The van der Waals surface area contributed by atoms with Gasteiger partial charge in [0.05, 0.1) is 12.7 Å². The first kappa shape index (κ1) is 13.3. The van der Waals surface area contributed by atoms with Crippen molar-refractivity contribution in [3.8, 4) is 12.1 Å². The highest BCUT2D eigenvalue weighted by Crippen LogP contribution is 2.22.